The maximum absolute atomic E-state index is 13.5. The highest BCUT2D eigenvalue weighted by Crippen LogP contribution is 2.29. The van der Waals surface area contributed by atoms with Gasteiger partial charge in [0.15, 0.2) is 0 Å². The fourth-order valence-electron chi connectivity index (χ4n) is 3.53. The highest BCUT2D eigenvalue weighted by molar-refractivity contribution is 5.72. The van der Waals surface area contributed by atoms with Crippen molar-refractivity contribution >= 4 is 5.97 Å². The highest BCUT2D eigenvalue weighted by Gasteiger charge is 2.28. The Labute approximate surface area is 194 Å². The third-order valence-corrected chi connectivity index (χ3v) is 5.53. The van der Waals surface area contributed by atoms with Gasteiger partial charge in [-0.3, -0.25) is 4.79 Å². The average molecular weight is 477 g/mol. The molecule has 0 unspecified atom stereocenters. The van der Waals surface area contributed by atoms with E-state index in [1.54, 1.807) is 0 Å². The van der Waals surface area contributed by atoms with E-state index in [9.17, 15) is 26.7 Å². The van der Waals surface area contributed by atoms with Gasteiger partial charge in [-0.1, -0.05) is 83.3 Å². The molecule has 0 aliphatic heterocycles. The Balaban J connectivity index is 2.03. The summed E-state index contributed by atoms with van der Waals surface area (Å²) in [6, 6.07) is 0. The Morgan fingerprint density at radius 3 is 1.48 bits per heavy atom. The van der Waals surface area contributed by atoms with Crippen LogP contribution in [0.4, 0.5) is 22.0 Å². The van der Waals surface area contributed by atoms with E-state index in [4.69, 9.17) is 0 Å². The molecular formula is C26H37F5O2. The minimum atomic E-state index is -2.28. The molecule has 33 heavy (non-hydrogen) atoms. The summed E-state index contributed by atoms with van der Waals surface area (Å²) < 4.78 is 70.6. The molecule has 0 N–H and O–H groups in total. The molecule has 0 atom stereocenters. The second-order valence-electron chi connectivity index (χ2n) is 8.41. The predicted octanol–water partition coefficient (Wildman–Crippen LogP) is 9.11. The highest BCUT2D eigenvalue weighted by atomic mass is 19.2. The lowest BCUT2D eigenvalue weighted by atomic mass is 10.1. The minimum absolute atomic E-state index is 0.150. The molecule has 1 aromatic carbocycles. The van der Waals surface area contributed by atoms with Gasteiger partial charge in [-0.2, -0.15) is 8.78 Å². The average Bonchev–Trinajstić information content (AvgIpc) is 2.81. The zero-order valence-electron chi connectivity index (χ0n) is 19.7. The van der Waals surface area contributed by atoms with Crippen LogP contribution in [0.2, 0.25) is 0 Å². The molecule has 1 aromatic rings. The number of ether oxygens (including phenoxy) is 1. The number of hydrogen-bond donors (Lipinski definition) is 0. The summed E-state index contributed by atoms with van der Waals surface area (Å²) in [6.07, 6.45) is 21.0. The van der Waals surface area contributed by atoms with Gasteiger partial charge in [-0.25, -0.2) is 13.2 Å². The number of esters is 1. The van der Waals surface area contributed by atoms with Gasteiger partial charge in [-0.05, 0) is 32.1 Å². The van der Waals surface area contributed by atoms with Crippen LogP contribution in [-0.2, 0) is 4.79 Å². The topological polar surface area (TPSA) is 26.3 Å². The van der Waals surface area contributed by atoms with Crippen LogP contribution in [0, 0.1) is 29.1 Å². The zero-order valence-corrected chi connectivity index (χ0v) is 19.7. The maximum atomic E-state index is 13.5. The lowest BCUT2D eigenvalue weighted by Crippen LogP contribution is -2.13. The van der Waals surface area contributed by atoms with Gasteiger partial charge >= 0.3 is 5.97 Å². The Morgan fingerprint density at radius 2 is 1.00 bits per heavy atom. The molecule has 0 aliphatic rings. The van der Waals surface area contributed by atoms with E-state index in [1.165, 1.54) is 44.9 Å². The van der Waals surface area contributed by atoms with E-state index in [-0.39, 0.29) is 6.42 Å². The number of allylic oxidation sites excluding steroid dienone is 2. The zero-order chi connectivity index (χ0) is 24.5. The first kappa shape index (κ1) is 29.1. The quantitative estimate of drug-likeness (QED) is 0.0402. The van der Waals surface area contributed by atoms with Crippen molar-refractivity contribution in [3.8, 4) is 5.75 Å². The molecule has 188 valence electrons. The van der Waals surface area contributed by atoms with Crippen LogP contribution in [-0.4, -0.2) is 5.97 Å². The molecule has 2 nitrogen and oxygen atoms in total. The Morgan fingerprint density at radius 1 is 0.606 bits per heavy atom. The van der Waals surface area contributed by atoms with Gasteiger partial charge in [0.25, 0.3) is 0 Å². The molecule has 1 rings (SSSR count). The summed E-state index contributed by atoms with van der Waals surface area (Å²) in [5, 5.41) is 0. The molecule has 0 aliphatic carbocycles. The third-order valence-electron chi connectivity index (χ3n) is 5.53. The lowest BCUT2D eigenvalue weighted by Gasteiger charge is -2.08. The number of carbonyl (C=O) groups is 1. The van der Waals surface area contributed by atoms with Crippen LogP contribution in [0.15, 0.2) is 12.2 Å². The summed E-state index contributed by atoms with van der Waals surface area (Å²) in [5.41, 5.74) is 0. The van der Waals surface area contributed by atoms with Crippen molar-refractivity contribution < 1.29 is 31.5 Å². The van der Waals surface area contributed by atoms with Crippen molar-refractivity contribution in [3.63, 3.8) is 0 Å². The van der Waals surface area contributed by atoms with Gasteiger partial charge < -0.3 is 4.74 Å². The fraction of sp³-hybridized carbons (Fsp3) is 0.654. The van der Waals surface area contributed by atoms with Crippen molar-refractivity contribution in [1.29, 1.82) is 0 Å². The minimum Gasteiger partial charge on any atom is -0.420 e. The van der Waals surface area contributed by atoms with Crippen LogP contribution in [0.3, 0.4) is 0 Å². The van der Waals surface area contributed by atoms with Crippen molar-refractivity contribution in [2.45, 2.75) is 110 Å². The van der Waals surface area contributed by atoms with E-state index in [0.29, 0.717) is 6.42 Å². The number of halogens is 5. The van der Waals surface area contributed by atoms with Crippen LogP contribution >= 0.6 is 0 Å². The molecule has 0 bridgehead atoms. The van der Waals surface area contributed by atoms with Crippen LogP contribution in [0.5, 0.6) is 5.75 Å². The van der Waals surface area contributed by atoms with Gasteiger partial charge in [0, 0.05) is 6.42 Å². The Bertz CT molecular complexity index is 705. The van der Waals surface area contributed by atoms with E-state index in [2.05, 4.69) is 23.8 Å². The normalized spacial score (nSPS) is 11.5. The van der Waals surface area contributed by atoms with Gasteiger partial charge in [0.1, 0.15) is 0 Å². The number of rotatable bonds is 18. The Hall–Kier alpha value is -1.92. The molecule has 0 aromatic heterocycles. The van der Waals surface area contributed by atoms with Gasteiger partial charge in [0.05, 0.1) is 0 Å². The van der Waals surface area contributed by atoms with E-state index >= 15 is 0 Å². The number of benzene rings is 1. The SMILES string of the molecule is CCCCCCCC/C=C\CCCCCCCCCC(=O)Oc1c(F)c(F)c(F)c(F)c1F. The van der Waals surface area contributed by atoms with Crippen molar-refractivity contribution in [3.05, 3.63) is 41.2 Å². The predicted molar refractivity (Wildman–Crippen MR) is 121 cm³/mol. The maximum Gasteiger partial charge on any atom is 0.311 e. The summed E-state index contributed by atoms with van der Waals surface area (Å²) in [5.74, 6) is -13.4. The first-order chi connectivity index (χ1) is 15.9. The number of unbranched alkanes of at least 4 members (excludes halogenated alkanes) is 13. The van der Waals surface area contributed by atoms with E-state index < -0.39 is 40.8 Å². The van der Waals surface area contributed by atoms with Crippen LogP contribution < -0.4 is 4.74 Å². The summed E-state index contributed by atoms with van der Waals surface area (Å²) in [7, 11) is 0. The molecular weight excluding hydrogens is 439 g/mol. The lowest BCUT2D eigenvalue weighted by molar-refractivity contribution is -0.135. The monoisotopic (exact) mass is 476 g/mol. The molecule has 0 amide bonds. The molecule has 0 spiro atoms. The van der Waals surface area contributed by atoms with Crippen LogP contribution in [0.25, 0.3) is 0 Å². The molecule has 0 fully saturated rings. The molecule has 0 heterocycles. The molecule has 0 saturated carbocycles. The summed E-state index contributed by atoms with van der Waals surface area (Å²) in [4.78, 5) is 11.7. The second-order valence-corrected chi connectivity index (χ2v) is 8.41. The van der Waals surface area contributed by atoms with Crippen molar-refractivity contribution in [2.24, 2.45) is 0 Å². The third kappa shape index (κ3) is 11.7. The second kappa shape index (κ2) is 17.5. The number of hydrogen-bond acceptors (Lipinski definition) is 2. The summed E-state index contributed by atoms with van der Waals surface area (Å²) in [6.45, 7) is 2.23. The summed E-state index contributed by atoms with van der Waals surface area (Å²) >= 11 is 0. The first-order valence-corrected chi connectivity index (χ1v) is 12.3. The largest absolute Gasteiger partial charge is 0.420 e. The molecule has 0 saturated heterocycles. The number of carbonyl (C=O) groups excluding carboxylic acids is 1. The van der Waals surface area contributed by atoms with Crippen molar-refractivity contribution in [2.75, 3.05) is 0 Å². The molecule has 0 radical (unpaired) electrons. The van der Waals surface area contributed by atoms with E-state index in [0.717, 1.165) is 44.9 Å². The smallest absolute Gasteiger partial charge is 0.311 e. The molecule has 7 heteroatoms. The van der Waals surface area contributed by atoms with Gasteiger partial charge in [0.2, 0.25) is 34.8 Å². The Kier molecular flexibility index (Phi) is 15.5. The van der Waals surface area contributed by atoms with Crippen molar-refractivity contribution in [1.82, 2.24) is 0 Å². The fourth-order valence-corrected chi connectivity index (χ4v) is 3.53. The van der Waals surface area contributed by atoms with Gasteiger partial charge in [-0.15, -0.1) is 0 Å². The van der Waals surface area contributed by atoms with E-state index in [1.807, 2.05) is 0 Å². The first-order valence-electron chi connectivity index (χ1n) is 12.3. The van der Waals surface area contributed by atoms with Crippen LogP contribution in [0.1, 0.15) is 110 Å². The standard InChI is InChI=1S/C26H37F5O2/c1-2-3-4-5-6-7-8-9-10-11-12-13-14-15-16-17-18-19-20(32)33-26-24(30)22(28)21(27)23(29)25(26)31/h9-10H,2-8,11-19H2,1H3/b10-9-.